The molecule has 0 saturated carbocycles. The van der Waals surface area contributed by atoms with Crippen LogP contribution < -0.4 is 0 Å². The molecule has 1 aliphatic heterocycles. The van der Waals surface area contributed by atoms with Crippen LogP contribution in [0.15, 0.2) is 21.7 Å². The number of nitrogens with zero attached hydrogens (tertiary/aromatic N) is 2. The van der Waals surface area contributed by atoms with Crippen LogP contribution in [0.3, 0.4) is 0 Å². The summed E-state index contributed by atoms with van der Waals surface area (Å²) < 4.78 is 4.85. The van der Waals surface area contributed by atoms with Crippen LogP contribution in [0.25, 0.3) is 0 Å². The Hall–Kier alpha value is -2.38. The highest BCUT2D eigenvalue weighted by atomic mass is 16.7. The van der Waals surface area contributed by atoms with Gasteiger partial charge in [-0.2, -0.15) is 0 Å². The largest absolute Gasteiger partial charge is 0.478 e. The minimum Gasteiger partial charge on any atom is -0.478 e. The second kappa shape index (κ2) is 3.65. The third kappa shape index (κ3) is 1.72. The standard InChI is InChI=1S/C8H6N2O6/c11-8(12)6-3-4(9-16-6)5-1-2-7(15-5)10(13)14/h1-2,6H,3H2,(H,11,12). The maximum Gasteiger partial charge on any atom is 0.433 e. The molecule has 1 atom stereocenters. The Labute approximate surface area is 88.3 Å². The first-order valence-electron chi connectivity index (χ1n) is 4.28. The van der Waals surface area contributed by atoms with Gasteiger partial charge in [0, 0.05) is 6.42 Å². The Morgan fingerprint density at radius 3 is 2.88 bits per heavy atom. The molecule has 2 rings (SSSR count). The van der Waals surface area contributed by atoms with Gasteiger partial charge in [0.1, 0.15) is 10.6 Å². The van der Waals surface area contributed by atoms with Gasteiger partial charge in [0.15, 0.2) is 5.76 Å². The Morgan fingerprint density at radius 1 is 1.62 bits per heavy atom. The lowest BCUT2D eigenvalue weighted by molar-refractivity contribution is -0.402. The number of carboxylic acid groups (broad SMARTS) is 1. The third-order valence-electron chi connectivity index (χ3n) is 2.00. The molecule has 0 radical (unpaired) electrons. The molecule has 1 aliphatic rings. The van der Waals surface area contributed by atoms with Crippen LogP contribution in [-0.2, 0) is 9.63 Å². The van der Waals surface area contributed by atoms with E-state index in [1.165, 1.54) is 12.1 Å². The Kier molecular flexibility index (Phi) is 2.31. The normalized spacial score (nSPS) is 19.0. The lowest BCUT2D eigenvalue weighted by atomic mass is 10.1. The average Bonchev–Trinajstić information content (AvgIpc) is 2.86. The topological polar surface area (TPSA) is 115 Å². The first kappa shape index (κ1) is 10.1. The molecular weight excluding hydrogens is 220 g/mol. The van der Waals surface area contributed by atoms with Crippen molar-refractivity contribution in [2.45, 2.75) is 12.5 Å². The molecule has 1 N–H and O–H groups in total. The third-order valence-corrected chi connectivity index (χ3v) is 2.00. The zero-order chi connectivity index (χ0) is 11.7. The first-order valence-corrected chi connectivity index (χ1v) is 4.28. The van der Waals surface area contributed by atoms with E-state index in [-0.39, 0.29) is 17.9 Å². The number of aliphatic carboxylic acids is 1. The van der Waals surface area contributed by atoms with Crippen LogP contribution in [-0.4, -0.2) is 27.8 Å². The minimum atomic E-state index is -1.14. The monoisotopic (exact) mass is 226 g/mol. The van der Waals surface area contributed by atoms with Gasteiger partial charge in [0.05, 0.1) is 6.07 Å². The van der Waals surface area contributed by atoms with Gasteiger partial charge < -0.3 is 14.4 Å². The number of hydrogen-bond donors (Lipinski definition) is 1. The molecule has 0 aliphatic carbocycles. The van der Waals surface area contributed by atoms with Gasteiger partial charge in [-0.25, -0.2) is 4.79 Å². The van der Waals surface area contributed by atoms with Crippen molar-refractivity contribution < 1.29 is 24.1 Å². The molecule has 0 saturated heterocycles. The number of carbonyl (C=O) groups is 1. The summed E-state index contributed by atoms with van der Waals surface area (Å²) in [6.45, 7) is 0. The zero-order valence-electron chi connectivity index (χ0n) is 7.82. The Bertz CT molecular complexity index is 477. The van der Waals surface area contributed by atoms with E-state index in [1.54, 1.807) is 0 Å². The van der Waals surface area contributed by atoms with Gasteiger partial charge >= 0.3 is 11.9 Å². The number of carboxylic acids is 1. The minimum absolute atomic E-state index is 0.0278. The van der Waals surface area contributed by atoms with Crippen LogP contribution in [0.1, 0.15) is 12.2 Å². The molecule has 0 aromatic carbocycles. The maximum atomic E-state index is 10.6. The van der Waals surface area contributed by atoms with Crippen molar-refractivity contribution in [3.05, 3.63) is 28.0 Å². The molecule has 8 heteroatoms. The summed E-state index contributed by atoms with van der Waals surface area (Å²) in [7, 11) is 0. The maximum absolute atomic E-state index is 10.6. The molecule has 0 amide bonds. The Balaban J connectivity index is 2.14. The summed E-state index contributed by atoms with van der Waals surface area (Å²) in [6.07, 6.45) is -1.03. The summed E-state index contributed by atoms with van der Waals surface area (Å²) >= 11 is 0. The molecule has 2 heterocycles. The first-order chi connectivity index (χ1) is 7.58. The number of furan rings is 1. The van der Waals surface area contributed by atoms with E-state index < -0.39 is 22.9 Å². The van der Waals surface area contributed by atoms with Crippen LogP contribution in [0, 0.1) is 10.1 Å². The van der Waals surface area contributed by atoms with Crippen molar-refractivity contribution in [2.24, 2.45) is 5.16 Å². The van der Waals surface area contributed by atoms with E-state index in [0.29, 0.717) is 0 Å². The molecule has 1 unspecified atom stereocenters. The molecule has 0 fully saturated rings. The van der Waals surface area contributed by atoms with E-state index in [4.69, 9.17) is 9.52 Å². The summed E-state index contributed by atoms with van der Waals surface area (Å²) in [4.78, 5) is 24.8. The van der Waals surface area contributed by atoms with Crippen LogP contribution >= 0.6 is 0 Å². The van der Waals surface area contributed by atoms with E-state index in [0.717, 1.165) is 0 Å². The fraction of sp³-hybridized carbons (Fsp3) is 0.250. The second-order valence-corrected chi connectivity index (χ2v) is 3.07. The lowest BCUT2D eigenvalue weighted by Crippen LogP contribution is -2.19. The molecule has 0 bridgehead atoms. The van der Waals surface area contributed by atoms with Crippen LogP contribution in [0.5, 0.6) is 0 Å². The molecule has 84 valence electrons. The molecule has 16 heavy (non-hydrogen) atoms. The fourth-order valence-corrected chi connectivity index (χ4v) is 1.24. The predicted octanol–water partition coefficient (Wildman–Crippen LogP) is 0.765. The van der Waals surface area contributed by atoms with Gasteiger partial charge in [-0.1, -0.05) is 5.16 Å². The van der Waals surface area contributed by atoms with Gasteiger partial charge in [0.2, 0.25) is 6.10 Å². The Morgan fingerprint density at radius 2 is 2.38 bits per heavy atom. The van der Waals surface area contributed by atoms with Crippen molar-refractivity contribution in [2.75, 3.05) is 0 Å². The fourth-order valence-electron chi connectivity index (χ4n) is 1.24. The van der Waals surface area contributed by atoms with Gasteiger partial charge in [-0.3, -0.25) is 10.1 Å². The second-order valence-electron chi connectivity index (χ2n) is 3.07. The van der Waals surface area contributed by atoms with Gasteiger partial charge in [0.25, 0.3) is 0 Å². The summed E-state index contributed by atoms with van der Waals surface area (Å²) in [5, 5.41) is 22.5. The van der Waals surface area contributed by atoms with Crippen molar-refractivity contribution in [1.82, 2.24) is 0 Å². The number of rotatable bonds is 3. The number of nitro groups is 1. The van der Waals surface area contributed by atoms with E-state index in [1.807, 2.05) is 0 Å². The van der Waals surface area contributed by atoms with E-state index >= 15 is 0 Å². The molecular formula is C8H6N2O6. The molecule has 8 nitrogen and oxygen atoms in total. The summed E-state index contributed by atoms with van der Waals surface area (Å²) in [5.41, 5.74) is 0.250. The highest BCUT2D eigenvalue weighted by Crippen LogP contribution is 2.22. The zero-order valence-corrected chi connectivity index (χ0v) is 7.82. The SMILES string of the molecule is O=C(O)C1CC(c2ccc([N+](=O)[O-])o2)=NO1. The quantitative estimate of drug-likeness (QED) is 0.601. The van der Waals surface area contributed by atoms with Crippen molar-refractivity contribution in [3.63, 3.8) is 0 Å². The van der Waals surface area contributed by atoms with Crippen molar-refractivity contribution >= 4 is 17.6 Å². The number of oxime groups is 1. The van der Waals surface area contributed by atoms with Crippen molar-refractivity contribution in [3.8, 4) is 0 Å². The van der Waals surface area contributed by atoms with Crippen LogP contribution in [0.4, 0.5) is 5.88 Å². The van der Waals surface area contributed by atoms with Gasteiger partial charge in [-0.15, -0.1) is 0 Å². The van der Waals surface area contributed by atoms with E-state index in [9.17, 15) is 14.9 Å². The summed E-state index contributed by atoms with van der Waals surface area (Å²) in [5.74, 6) is -1.41. The molecule has 1 aromatic heterocycles. The smallest absolute Gasteiger partial charge is 0.433 e. The number of hydrogen-bond acceptors (Lipinski definition) is 6. The molecule has 0 spiro atoms. The van der Waals surface area contributed by atoms with E-state index in [2.05, 4.69) is 9.99 Å². The van der Waals surface area contributed by atoms with Crippen LogP contribution in [0.2, 0.25) is 0 Å². The summed E-state index contributed by atoms with van der Waals surface area (Å²) in [6, 6.07) is 2.52. The average molecular weight is 226 g/mol. The predicted molar refractivity (Wildman–Crippen MR) is 49.0 cm³/mol. The van der Waals surface area contributed by atoms with Gasteiger partial charge in [-0.05, 0) is 6.07 Å². The highest BCUT2D eigenvalue weighted by Gasteiger charge is 2.30. The lowest BCUT2D eigenvalue weighted by Gasteiger charge is -1.98. The molecule has 1 aromatic rings. The van der Waals surface area contributed by atoms with Crippen molar-refractivity contribution in [1.29, 1.82) is 0 Å². The highest BCUT2D eigenvalue weighted by molar-refractivity contribution is 6.01.